The van der Waals surface area contributed by atoms with E-state index in [2.05, 4.69) is 0 Å². The van der Waals surface area contributed by atoms with Crippen LogP contribution in [0.4, 0.5) is 5.69 Å². The number of benzene rings is 2. The van der Waals surface area contributed by atoms with Crippen molar-refractivity contribution in [3.8, 4) is 6.07 Å². The molecule has 0 atom stereocenters. The molecule has 0 aliphatic carbocycles. The van der Waals surface area contributed by atoms with Crippen molar-refractivity contribution in [2.75, 3.05) is 0 Å². The molecule has 0 N–H and O–H groups in total. The average molecular weight is 318 g/mol. The van der Waals surface area contributed by atoms with E-state index in [1.54, 1.807) is 42.5 Å². The van der Waals surface area contributed by atoms with Crippen molar-refractivity contribution in [2.45, 2.75) is 0 Å². The first kappa shape index (κ1) is 15.2. The highest BCUT2D eigenvalue weighted by atomic mass is 16.6. The summed E-state index contributed by atoms with van der Waals surface area (Å²) in [4.78, 5) is 22.5. The zero-order valence-corrected chi connectivity index (χ0v) is 12.3. The third kappa shape index (κ3) is 2.66. The molecular weight excluding hydrogens is 308 g/mol. The highest BCUT2D eigenvalue weighted by Crippen LogP contribution is 2.24. The summed E-state index contributed by atoms with van der Waals surface area (Å²) in [6.07, 6.45) is 3.04. The maximum Gasteiger partial charge on any atom is 0.354 e. The van der Waals surface area contributed by atoms with Crippen molar-refractivity contribution in [3.63, 3.8) is 0 Å². The van der Waals surface area contributed by atoms with E-state index in [4.69, 9.17) is 4.42 Å². The van der Waals surface area contributed by atoms with E-state index in [-0.39, 0.29) is 11.3 Å². The molecule has 0 radical (unpaired) electrons. The van der Waals surface area contributed by atoms with Gasteiger partial charge in [0.1, 0.15) is 17.2 Å². The monoisotopic (exact) mass is 318 g/mol. The second-order valence-electron chi connectivity index (χ2n) is 4.94. The van der Waals surface area contributed by atoms with E-state index in [1.165, 1.54) is 18.2 Å². The van der Waals surface area contributed by atoms with Gasteiger partial charge in [-0.1, -0.05) is 36.4 Å². The van der Waals surface area contributed by atoms with E-state index in [9.17, 15) is 20.2 Å². The molecule has 3 rings (SSSR count). The molecule has 0 unspecified atom stereocenters. The van der Waals surface area contributed by atoms with Crippen LogP contribution in [0.2, 0.25) is 0 Å². The fourth-order valence-electron chi connectivity index (χ4n) is 2.42. The number of nitro benzene ring substituents is 1. The predicted octanol–water partition coefficient (Wildman–Crippen LogP) is 3.74. The lowest BCUT2D eigenvalue weighted by Crippen LogP contribution is -2.06. The number of para-hydroxylation sites is 2. The summed E-state index contributed by atoms with van der Waals surface area (Å²) in [7, 11) is 0. The van der Waals surface area contributed by atoms with Crippen molar-refractivity contribution in [3.05, 3.63) is 85.8 Å². The molecule has 3 aromatic rings. The Morgan fingerprint density at radius 1 is 1.08 bits per heavy atom. The number of nitriles is 1. The fourth-order valence-corrected chi connectivity index (χ4v) is 2.42. The normalized spacial score (nSPS) is 10.8. The topological polar surface area (TPSA) is 97.1 Å². The van der Waals surface area contributed by atoms with Crippen LogP contribution in [-0.4, -0.2) is 4.92 Å². The van der Waals surface area contributed by atoms with Crippen LogP contribution in [0.1, 0.15) is 16.7 Å². The molecule has 0 saturated heterocycles. The highest BCUT2D eigenvalue weighted by molar-refractivity contribution is 5.92. The van der Waals surface area contributed by atoms with Gasteiger partial charge < -0.3 is 4.42 Å². The maximum absolute atomic E-state index is 11.9. The van der Waals surface area contributed by atoms with Crippen molar-refractivity contribution in [1.82, 2.24) is 0 Å². The van der Waals surface area contributed by atoms with Crippen LogP contribution < -0.4 is 5.63 Å². The first-order valence-electron chi connectivity index (χ1n) is 6.99. The largest absolute Gasteiger partial charge is 0.422 e. The molecule has 1 aromatic heterocycles. The van der Waals surface area contributed by atoms with Gasteiger partial charge in [-0.2, -0.15) is 5.26 Å². The third-order valence-electron chi connectivity index (χ3n) is 3.53. The second-order valence-corrected chi connectivity index (χ2v) is 4.94. The molecule has 0 spiro atoms. The molecule has 0 amide bonds. The van der Waals surface area contributed by atoms with E-state index in [0.717, 1.165) is 0 Å². The standard InChI is InChI=1S/C18H10N2O4/c19-11-15-13(14-6-2-4-8-17(14)24-18(15)21)10-9-12-5-1-3-7-16(12)20(22)23/h1-10H/b10-9+. The maximum atomic E-state index is 11.9. The minimum atomic E-state index is -0.738. The van der Waals surface area contributed by atoms with Gasteiger partial charge in [-0.05, 0) is 18.2 Å². The van der Waals surface area contributed by atoms with Gasteiger partial charge in [0.05, 0.1) is 10.5 Å². The van der Waals surface area contributed by atoms with E-state index in [0.29, 0.717) is 22.1 Å². The molecule has 116 valence electrons. The Morgan fingerprint density at radius 2 is 1.79 bits per heavy atom. The molecule has 0 aliphatic heterocycles. The summed E-state index contributed by atoms with van der Waals surface area (Å²) in [5.41, 5.74) is 0.177. The van der Waals surface area contributed by atoms with Crippen LogP contribution in [0.25, 0.3) is 23.1 Å². The Balaban J connectivity index is 2.23. The molecule has 24 heavy (non-hydrogen) atoms. The number of hydrogen-bond donors (Lipinski definition) is 0. The lowest BCUT2D eigenvalue weighted by atomic mass is 10.0. The molecule has 6 nitrogen and oxygen atoms in total. The first-order chi connectivity index (χ1) is 11.6. The lowest BCUT2D eigenvalue weighted by molar-refractivity contribution is -0.385. The van der Waals surface area contributed by atoms with Crippen LogP contribution in [0.15, 0.2) is 57.7 Å². The van der Waals surface area contributed by atoms with Gasteiger partial charge in [-0.3, -0.25) is 10.1 Å². The van der Waals surface area contributed by atoms with Gasteiger partial charge in [0.15, 0.2) is 0 Å². The second kappa shape index (κ2) is 6.18. The lowest BCUT2D eigenvalue weighted by Gasteiger charge is -2.03. The first-order valence-corrected chi connectivity index (χ1v) is 6.99. The molecular formula is C18H10N2O4. The Morgan fingerprint density at radius 3 is 2.54 bits per heavy atom. The summed E-state index contributed by atoms with van der Waals surface area (Å²) in [5.74, 6) is 0. The summed E-state index contributed by atoms with van der Waals surface area (Å²) >= 11 is 0. The molecule has 0 aliphatic rings. The van der Waals surface area contributed by atoms with Crippen molar-refractivity contribution in [1.29, 1.82) is 5.26 Å². The van der Waals surface area contributed by atoms with E-state index in [1.807, 2.05) is 6.07 Å². The van der Waals surface area contributed by atoms with Gasteiger partial charge in [-0.25, -0.2) is 4.79 Å². The summed E-state index contributed by atoms with van der Waals surface area (Å²) < 4.78 is 5.12. The number of rotatable bonds is 3. The molecule has 1 heterocycles. The van der Waals surface area contributed by atoms with Gasteiger partial charge in [0.2, 0.25) is 0 Å². The minimum Gasteiger partial charge on any atom is -0.422 e. The number of hydrogen-bond acceptors (Lipinski definition) is 5. The highest BCUT2D eigenvalue weighted by Gasteiger charge is 2.13. The predicted molar refractivity (Wildman–Crippen MR) is 89.2 cm³/mol. The molecule has 6 heteroatoms. The Hall–Kier alpha value is -3.72. The van der Waals surface area contributed by atoms with Gasteiger partial charge in [0, 0.05) is 17.0 Å². The van der Waals surface area contributed by atoms with Crippen LogP contribution in [-0.2, 0) is 0 Å². The number of fused-ring (bicyclic) bond motifs is 1. The average Bonchev–Trinajstić information content (AvgIpc) is 2.59. The zero-order chi connectivity index (χ0) is 17.1. The van der Waals surface area contributed by atoms with E-state index < -0.39 is 10.5 Å². The van der Waals surface area contributed by atoms with Crippen molar-refractivity contribution < 1.29 is 9.34 Å². The Kier molecular flexibility index (Phi) is 3.91. The minimum absolute atomic E-state index is 0.0560. The van der Waals surface area contributed by atoms with Crippen LogP contribution in [0, 0.1) is 21.4 Å². The van der Waals surface area contributed by atoms with Gasteiger partial charge >= 0.3 is 5.63 Å². The number of nitrogens with zero attached hydrogens (tertiary/aromatic N) is 2. The molecule has 0 bridgehead atoms. The van der Waals surface area contributed by atoms with Crippen LogP contribution in [0.3, 0.4) is 0 Å². The summed E-state index contributed by atoms with van der Waals surface area (Å²) in [5, 5.41) is 20.9. The quantitative estimate of drug-likeness (QED) is 0.416. The summed E-state index contributed by atoms with van der Waals surface area (Å²) in [6.45, 7) is 0. The number of nitro groups is 1. The molecule has 2 aromatic carbocycles. The Bertz CT molecular complexity index is 1070. The smallest absolute Gasteiger partial charge is 0.354 e. The van der Waals surface area contributed by atoms with E-state index >= 15 is 0 Å². The Labute approximate surface area is 136 Å². The SMILES string of the molecule is N#Cc1c(/C=C/c2ccccc2[N+](=O)[O-])c2ccccc2oc1=O. The van der Waals surface area contributed by atoms with Crippen molar-refractivity contribution in [2.24, 2.45) is 0 Å². The van der Waals surface area contributed by atoms with Crippen LogP contribution in [0.5, 0.6) is 0 Å². The van der Waals surface area contributed by atoms with Gasteiger partial charge in [0.25, 0.3) is 5.69 Å². The molecule has 0 saturated carbocycles. The van der Waals surface area contributed by atoms with Crippen molar-refractivity contribution >= 4 is 28.8 Å². The molecule has 0 fully saturated rings. The zero-order valence-electron chi connectivity index (χ0n) is 12.3. The third-order valence-corrected chi connectivity index (χ3v) is 3.53. The van der Waals surface area contributed by atoms with Gasteiger partial charge in [-0.15, -0.1) is 0 Å². The van der Waals surface area contributed by atoms with Crippen LogP contribution >= 0.6 is 0 Å². The summed E-state index contributed by atoms with van der Waals surface area (Å²) in [6, 6.07) is 14.9. The fraction of sp³-hybridized carbons (Fsp3) is 0.